The molecule has 1 aromatic carbocycles. The Bertz CT molecular complexity index is 592. The van der Waals surface area contributed by atoms with Gasteiger partial charge in [0.05, 0.1) is 23.8 Å². The lowest BCUT2D eigenvalue weighted by atomic mass is 10.0. The number of carbonyl (C=O) groups excluding carboxylic acids is 1. The summed E-state index contributed by atoms with van der Waals surface area (Å²) in [6.45, 7) is 0. The van der Waals surface area contributed by atoms with E-state index in [9.17, 15) is 39.9 Å². The van der Waals surface area contributed by atoms with E-state index in [1.807, 2.05) is 0 Å². The number of methoxy groups -OCH3 is 1. The van der Waals surface area contributed by atoms with E-state index in [0.717, 1.165) is 0 Å². The van der Waals surface area contributed by atoms with Gasteiger partial charge in [-0.15, -0.1) is 0 Å². The van der Waals surface area contributed by atoms with Crippen molar-refractivity contribution < 1.29 is 44.6 Å². The van der Waals surface area contributed by atoms with Crippen molar-refractivity contribution in [2.24, 2.45) is 0 Å². The highest BCUT2D eigenvalue weighted by molar-refractivity contribution is 7.95. The van der Waals surface area contributed by atoms with Crippen LogP contribution in [-0.2, 0) is 23.4 Å². The van der Waals surface area contributed by atoms with Gasteiger partial charge in [-0.2, -0.15) is 26.3 Å². The van der Waals surface area contributed by atoms with E-state index in [1.54, 1.807) is 0 Å². The van der Waals surface area contributed by atoms with Crippen molar-refractivity contribution in [1.29, 1.82) is 0 Å². The Morgan fingerprint density at radius 3 is 2.00 bits per heavy atom. The molecule has 0 aliphatic rings. The Labute approximate surface area is 116 Å². The maximum Gasteiger partial charge on any atom is 0.417 e. The minimum absolute atomic E-state index is 0.120. The fourth-order valence-corrected chi connectivity index (χ4v) is 1.83. The Morgan fingerprint density at radius 2 is 1.67 bits per heavy atom. The van der Waals surface area contributed by atoms with Crippen LogP contribution in [0.1, 0.15) is 21.5 Å². The normalized spacial score (nSPS) is 13.9. The van der Waals surface area contributed by atoms with E-state index in [4.69, 9.17) is 0 Å². The molecule has 1 aromatic rings. The zero-order chi connectivity index (χ0) is 16.6. The summed E-state index contributed by atoms with van der Waals surface area (Å²) in [6.07, 6.45) is -10.5. The molecule has 0 spiro atoms. The SMILES string of the molecule is COc1cc(C(F)(F)F)cc(C(F)(F)F)c1C(=O)S(=O)[O-]. The molecule has 0 aromatic heterocycles. The summed E-state index contributed by atoms with van der Waals surface area (Å²) >= 11 is -3.60. The fourth-order valence-electron chi connectivity index (χ4n) is 1.46. The molecule has 118 valence electrons. The van der Waals surface area contributed by atoms with Crippen LogP contribution in [0.5, 0.6) is 5.75 Å². The average molecular weight is 335 g/mol. The van der Waals surface area contributed by atoms with Crippen molar-refractivity contribution in [1.82, 2.24) is 0 Å². The van der Waals surface area contributed by atoms with Gasteiger partial charge in [-0.3, -0.25) is 9.00 Å². The molecule has 21 heavy (non-hydrogen) atoms. The molecule has 0 bridgehead atoms. The van der Waals surface area contributed by atoms with Crippen molar-refractivity contribution in [2.75, 3.05) is 7.11 Å². The summed E-state index contributed by atoms with van der Waals surface area (Å²) in [4.78, 5) is 11.3. The Balaban J connectivity index is 3.77. The first kappa shape index (κ1) is 17.4. The van der Waals surface area contributed by atoms with Crippen LogP contribution >= 0.6 is 0 Å². The lowest BCUT2D eigenvalue weighted by Gasteiger charge is -2.18. The molecule has 0 aliphatic carbocycles. The number of hydrogen-bond donors (Lipinski definition) is 0. The van der Waals surface area contributed by atoms with Crippen LogP contribution in [0.2, 0.25) is 0 Å². The van der Waals surface area contributed by atoms with E-state index < -0.39 is 51.0 Å². The molecule has 0 N–H and O–H groups in total. The lowest BCUT2D eigenvalue weighted by molar-refractivity contribution is -0.143. The third kappa shape index (κ3) is 3.73. The maximum atomic E-state index is 12.8. The van der Waals surface area contributed by atoms with Gasteiger partial charge in [0.2, 0.25) is 5.12 Å². The third-order valence-corrected chi connectivity index (χ3v) is 2.82. The summed E-state index contributed by atoms with van der Waals surface area (Å²) in [5.74, 6) is -1.13. The molecule has 0 aliphatic heterocycles. The van der Waals surface area contributed by atoms with Crippen molar-refractivity contribution in [2.45, 2.75) is 12.4 Å². The van der Waals surface area contributed by atoms with Gasteiger partial charge < -0.3 is 9.29 Å². The molecule has 0 fully saturated rings. The molecule has 0 saturated carbocycles. The van der Waals surface area contributed by atoms with Gasteiger partial charge in [-0.25, -0.2) is 0 Å². The quantitative estimate of drug-likeness (QED) is 0.616. The molecule has 11 heteroatoms. The second kappa shape index (κ2) is 5.64. The average Bonchev–Trinajstić information content (AvgIpc) is 2.33. The van der Waals surface area contributed by atoms with Crippen molar-refractivity contribution in [3.8, 4) is 5.75 Å². The fraction of sp³-hybridized carbons (Fsp3) is 0.300. The van der Waals surface area contributed by atoms with Crippen molar-refractivity contribution in [3.05, 3.63) is 28.8 Å². The van der Waals surface area contributed by atoms with Crippen molar-refractivity contribution >= 4 is 16.2 Å². The van der Waals surface area contributed by atoms with E-state index in [1.165, 1.54) is 0 Å². The van der Waals surface area contributed by atoms with Crippen LogP contribution in [0.15, 0.2) is 12.1 Å². The number of ether oxygens (including phenoxy) is 1. The van der Waals surface area contributed by atoms with Crippen LogP contribution in [0.3, 0.4) is 0 Å². The zero-order valence-corrected chi connectivity index (χ0v) is 10.8. The highest BCUT2D eigenvalue weighted by Crippen LogP contribution is 2.41. The topological polar surface area (TPSA) is 66.4 Å². The molecule has 0 radical (unpaired) electrons. The molecule has 0 amide bonds. The molecule has 1 unspecified atom stereocenters. The number of benzene rings is 1. The van der Waals surface area contributed by atoms with Crippen LogP contribution in [0.4, 0.5) is 26.3 Å². The summed E-state index contributed by atoms with van der Waals surface area (Å²) in [5.41, 5.74) is -5.25. The maximum absolute atomic E-state index is 12.8. The van der Waals surface area contributed by atoms with E-state index in [-0.39, 0.29) is 12.1 Å². The predicted octanol–water partition coefficient (Wildman–Crippen LogP) is 2.75. The Hall–Kier alpha value is -1.62. The first-order valence-electron chi connectivity index (χ1n) is 4.89. The monoisotopic (exact) mass is 335 g/mol. The standard InChI is InChI=1S/C10H6F6O4S/c1-20-6-3-4(9(11,12)13)2-5(10(14,15)16)7(6)8(17)21(18)19/h2-3H,1H3,(H,18,19)/p-1. The minimum atomic E-state index is -5.38. The van der Waals surface area contributed by atoms with E-state index in [2.05, 4.69) is 4.74 Å². The van der Waals surface area contributed by atoms with E-state index >= 15 is 0 Å². The van der Waals surface area contributed by atoms with Gasteiger partial charge >= 0.3 is 12.4 Å². The summed E-state index contributed by atoms with van der Waals surface area (Å²) in [6, 6.07) is -0.224. The van der Waals surface area contributed by atoms with Crippen LogP contribution in [0, 0.1) is 0 Å². The zero-order valence-electron chi connectivity index (χ0n) is 9.96. The first-order chi connectivity index (χ1) is 9.39. The van der Waals surface area contributed by atoms with Crippen molar-refractivity contribution in [3.63, 3.8) is 0 Å². The number of halogens is 6. The summed E-state index contributed by atoms with van der Waals surface area (Å²) in [7, 11) is 0.708. The first-order valence-corrected chi connectivity index (χ1v) is 5.97. The van der Waals surface area contributed by atoms with Gasteiger partial charge in [0.15, 0.2) is 0 Å². The molecule has 4 nitrogen and oxygen atoms in total. The molecular formula is C10H5F6O4S-. The number of rotatable bonds is 2. The smallest absolute Gasteiger partial charge is 0.417 e. The number of hydrogen-bond acceptors (Lipinski definition) is 4. The lowest BCUT2D eigenvalue weighted by Crippen LogP contribution is -2.19. The molecule has 0 heterocycles. The van der Waals surface area contributed by atoms with Gasteiger partial charge in [0.25, 0.3) is 0 Å². The largest absolute Gasteiger partial charge is 0.766 e. The number of carbonyl (C=O) groups is 1. The van der Waals surface area contributed by atoms with Crippen LogP contribution in [-0.4, -0.2) is 21.0 Å². The van der Waals surface area contributed by atoms with Gasteiger partial charge in [-0.05, 0) is 12.1 Å². The van der Waals surface area contributed by atoms with Crippen LogP contribution < -0.4 is 4.74 Å². The van der Waals surface area contributed by atoms with Gasteiger partial charge in [0.1, 0.15) is 5.75 Å². The van der Waals surface area contributed by atoms with Gasteiger partial charge in [-0.1, -0.05) is 0 Å². The predicted molar refractivity (Wildman–Crippen MR) is 56.2 cm³/mol. The van der Waals surface area contributed by atoms with Gasteiger partial charge in [0, 0.05) is 11.1 Å². The molecular weight excluding hydrogens is 330 g/mol. The highest BCUT2D eigenvalue weighted by Gasteiger charge is 2.41. The van der Waals surface area contributed by atoms with E-state index in [0.29, 0.717) is 7.11 Å². The molecule has 1 atom stereocenters. The summed E-state index contributed by atoms with van der Waals surface area (Å²) < 4.78 is 101. The highest BCUT2D eigenvalue weighted by atomic mass is 32.2. The third-order valence-electron chi connectivity index (χ3n) is 2.31. The number of alkyl halides is 6. The second-order valence-corrected chi connectivity index (χ2v) is 4.46. The summed E-state index contributed by atoms with van der Waals surface area (Å²) in [5, 5.41) is -2.02. The Morgan fingerprint density at radius 1 is 1.14 bits per heavy atom. The minimum Gasteiger partial charge on any atom is -0.766 e. The molecule has 1 rings (SSSR count). The van der Waals surface area contributed by atoms with Crippen LogP contribution in [0.25, 0.3) is 0 Å². The second-order valence-electron chi connectivity index (χ2n) is 3.62. The Kier molecular flexibility index (Phi) is 4.68. The molecule has 0 saturated heterocycles.